The van der Waals surface area contributed by atoms with Crippen molar-refractivity contribution in [3.05, 3.63) is 35.7 Å². The lowest BCUT2D eigenvalue weighted by atomic mass is 10.2. The van der Waals surface area contributed by atoms with Crippen molar-refractivity contribution in [1.82, 2.24) is 0 Å². The Morgan fingerprint density at radius 3 is 1.57 bits per heavy atom. The molecular formula is C10H12N2O2+2. The summed E-state index contributed by atoms with van der Waals surface area (Å²) in [5.41, 5.74) is 2.40. The molecule has 0 unspecified atom stereocenters. The molecule has 4 nitrogen and oxygen atoms in total. The second kappa shape index (κ2) is 2.83. The van der Waals surface area contributed by atoms with E-state index in [2.05, 4.69) is 0 Å². The van der Waals surface area contributed by atoms with Crippen LogP contribution in [-0.2, 0) is 0 Å². The highest BCUT2D eigenvalue weighted by atomic mass is 16.5. The molecule has 2 N–H and O–H groups in total. The molecule has 4 heteroatoms. The Hall–Kier alpha value is -1.84. The minimum Gasteiger partial charge on any atom is -0.284 e. The molecule has 14 heavy (non-hydrogen) atoms. The molecule has 0 amide bonds. The molecule has 0 aliphatic heterocycles. The summed E-state index contributed by atoms with van der Waals surface area (Å²) in [6, 6.07) is 7.11. The summed E-state index contributed by atoms with van der Waals surface area (Å²) >= 11 is 0. The molecule has 0 aliphatic carbocycles. The van der Waals surface area contributed by atoms with E-state index in [0.29, 0.717) is 22.4 Å². The van der Waals surface area contributed by atoms with Crippen LogP contribution in [0.15, 0.2) is 24.3 Å². The van der Waals surface area contributed by atoms with E-state index < -0.39 is 0 Å². The van der Waals surface area contributed by atoms with Crippen LogP contribution in [0.1, 0.15) is 11.4 Å². The van der Waals surface area contributed by atoms with Crippen molar-refractivity contribution >= 4 is 11.0 Å². The summed E-state index contributed by atoms with van der Waals surface area (Å²) in [5.74, 6) is 0. The summed E-state index contributed by atoms with van der Waals surface area (Å²) in [7, 11) is 0. The third-order valence-corrected chi connectivity index (χ3v) is 2.50. The van der Waals surface area contributed by atoms with E-state index in [-0.39, 0.29) is 0 Å². The van der Waals surface area contributed by atoms with Crippen molar-refractivity contribution in [3.8, 4) is 0 Å². The Balaban J connectivity index is 3.02. The van der Waals surface area contributed by atoms with Crippen LogP contribution in [0.3, 0.4) is 0 Å². The van der Waals surface area contributed by atoms with Gasteiger partial charge in [0.2, 0.25) is 0 Å². The molecule has 2 rings (SSSR count). The number of nitrogens with zero attached hydrogens (tertiary/aromatic N) is 2. The van der Waals surface area contributed by atoms with E-state index >= 15 is 0 Å². The summed E-state index contributed by atoms with van der Waals surface area (Å²) in [4.78, 5) is 0. The van der Waals surface area contributed by atoms with E-state index in [4.69, 9.17) is 0 Å². The number of hydrogen-bond donors (Lipinski definition) is 2. The third kappa shape index (κ3) is 1.00. The first-order valence-corrected chi connectivity index (χ1v) is 4.37. The summed E-state index contributed by atoms with van der Waals surface area (Å²) < 4.78 is 2.16. The fourth-order valence-corrected chi connectivity index (χ4v) is 1.49. The maximum atomic E-state index is 9.76. The van der Waals surface area contributed by atoms with Gasteiger partial charge in [0.1, 0.15) is 0 Å². The van der Waals surface area contributed by atoms with Crippen molar-refractivity contribution < 1.29 is 19.9 Å². The standard InChI is InChI=1S/C10H12N2O2/c1-7-8(2)12(14)10-6-4-3-5-9(10)11(7)13/h3-6,13-14H,1-2H3/q+2. The van der Waals surface area contributed by atoms with Crippen molar-refractivity contribution in [2.24, 2.45) is 0 Å². The van der Waals surface area contributed by atoms with Crippen molar-refractivity contribution in [2.45, 2.75) is 13.8 Å². The molecule has 0 saturated heterocycles. The zero-order valence-electron chi connectivity index (χ0n) is 8.10. The molecule has 2 aromatic rings. The smallest absolute Gasteiger partial charge is 0.284 e. The van der Waals surface area contributed by atoms with E-state index in [1.807, 2.05) is 12.1 Å². The van der Waals surface area contributed by atoms with Gasteiger partial charge < -0.3 is 0 Å². The number of fused-ring (bicyclic) bond motifs is 1. The summed E-state index contributed by atoms with van der Waals surface area (Å²) in [6.07, 6.45) is 0. The van der Waals surface area contributed by atoms with Gasteiger partial charge in [-0.15, -0.1) is 0 Å². The third-order valence-electron chi connectivity index (χ3n) is 2.50. The molecule has 72 valence electrons. The second-order valence-electron chi connectivity index (χ2n) is 3.28. The topological polar surface area (TPSA) is 48.2 Å². The lowest BCUT2D eigenvalue weighted by molar-refractivity contribution is -0.926. The number of hydrogen-bond acceptors (Lipinski definition) is 2. The van der Waals surface area contributed by atoms with Crippen LogP contribution in [-0.4, -0.2) is 10.4 Å². The molecule has 0 aliphatic rings. The summed E-state index contributed by atoms with van der Waals surface area (Å²) in [5, 5.41) is 19.5. The molecule has 0 bridgehead atoms. The molecule has 0 spiro atoms. The van der Waals surface area contributed by atoms with Gasteiger partial charge in [-0.2, -0.15) is 0 Å². The lowest BCUT2D eigenvalue weighted by Gasteiger charge is -1.96. The average molecular weight is 192 g/mol. The highest BCUT2D eigenvalue weighted by molar-refractivity contribution is 5.66. The highest BCUT2D eigenvalue weighted by Crippen LogP contribution is 2.06. The lowest BCUT2D eigenvalue weighted by Crippen LogP contribution is -2.46. The zero-order chi connectivity index (χ0) is 10.3. The van der Waals surface area contributed by atoms with Gasteiger partial charge in [0.05, 0.1) is 0 Å². The Bertz CT molecular complexity index is 462. The van der Waals surface area contributed by atoms with Gasteiger partial charge in [0, 0.05) is 35.4 Å². The largest absolute Gasteiger partial charge is 0.333 e. The molecule has 1 aromatic heterocycles. The van der Waals surface area contributed by atoms with E-state index in [1.54, 1.807) is 26.0 Å². The van der Waals surface area contributed by atoms with Crippen molar-refractivity contribution in [2.75, 3.05) is 0 Å². The first-order valence-electron chi connectivity index (χ1n) is 4.37. The minimum atomic E-state index is 0.582. The monoisotopic (exact) mass is 192 g/mol. The first kappa shape index (κ1) is 8.74. The normalized spacial score (nSPS) is 10.7. The van der Waals surface area contributed by atoms with Gasteiger partial charge in [0.25, 0.3) is 0 Å². The molecule has 1 aromatic carbocycles. The quantitative estimate of drug-likeness (QED) is 0.472. The van der Waals surface area contributed by atoms with Crippen molar-refractivity contribution in [3.63, 3.8) is 0 Å². The number of aromatic nitrogens is 2. The fourth-order valence-electron chi connectivity index (χ4n) is 1.49. The second-order valence-corrected chi connectivity index (χ2v) is 3.28. The molecule has 0 radical (unpaired) electrons. The van der Waals surface area contributed by atoms with Crippen LogP contribution in [0.5, 0.6) is 0 Å². The van der Waals surface area contributed by atoms with Crippen LogP contribution in [0.25, 0.3) is 11.0 Å². The van der Waals surface area contributed by atoms with Crippen LogP contribution in [0, 0.1) is 13.8 Å². The van der Waals surface area contributed by atoms with Crippen LogP contribution in [0.2, 0.25) is 0 Å². The van der Waals surface area contributed by atoms with Crippen molar-refractivity contribution in [1.29, 1.82) is 0 Å². The van der Waals surface area contributed by atoms with Crippen LogP contribution in [0.4, 0.5) is 0 Å². The average Bonchev–Trinajstić information content (AvgIpc) is 2.23. The fraction of sp³-hybridized carbons (Fsp3) is 0.200. The maximum Gasteiger partial charge on any atom is 0.333 e. The van der Waals surface area contributed by atoms with Gasteiger partial charge >= 0.3 is 22.4 Å². The van der Waals surface area contributed by atoms with Gasteiger partial charge in [-0.05, 0) is 0 Å². The number of para-hydroxylation sites is 2. The maximum absolute atomic E-state index is 9.76. The van der Waals surface area contributed by atoms with E-state index in [9.17, 15) is 10.4 Å². The Morgan fingerprint density at radius 2 is 1.21 bits per heavy atom. The van der Waals surface area contributed by atoms with Crippen LogP contribution >= 0.6 is 0 Å². The molecule has 0 saturated carbocycles. The molecule has 0 fully saturated rings. The van der Waals surface area contributed by atoms with Gasteiger partial charge in [-0.25, -0.2) is 0 Å². The van der Waals surface area contributed by atoms with Gasteiger partial charge in [0.15, 0.2) is 0 Å². The first-order chi connectivity index (χ1) is 6.63. The predicted molar refractivity (Wildman–Crippen MR) is 48.2 cm³/mol. The molecule has 0 atom stereocenters. The Morgan fingerprint density at radius 1 is 0.857 bits per heavy atom. The van der Waals surface area contributed by atoms with Crippen LogP contribution < -0.4 is 9.46 Å². The van der Waals surface area contributed by atoms with E-state index in [0.717, 1.165) is 9.46 Å². The molecular weight excluding hydrogens is 180 g/mol. The van der Waals surface area contributed by atoms with Gasteiger partial charge in [-0.3, -0.25) is 10.4 Å². The number of rotatable bonds is 0. The Kier molecular flexibility index (Phi) is 1.77. The highest BCUT2D eigenvalue weighted by Gasteiger charge is 2.27. The van der Waals surface area contributed by atoms with Gasteiger partial charge in [-0.1, -0.05) is 12.1 Å². The minimum absolute atomic E-state index is 0.582. The molecule has 1 heterocycles. The zero-order valence-corrected chi connectivity index (χ0v) is 8.10. The predicted octanol–water partition coefficient (Wildman–Crippen LogP) is 0.506. The Labute approximate surface area is 81.2 Å². The SMILES string of the molecule is Cc1c(C)[n+](O)c2ccccc2[n+]1O. The number of benzene rings is 1. The van der Waals surface area contributed by atoms with E-state index in [1.165, 1.54) is 0 Å². The summed E-state index contributed by atoms with van der Waals surface area (Å²) in [6.45, 7) is 3.49.